The monoisotopic (exact) mass is 256 g/mol. The SMILES string of the molecule is CCOC(=O)/C=C1\SC1(C(C)(C)C)C(C)(C)C. The Bertz CT molecular complexity index is 328. The van der Waals surface area contributed by atoms with Crippen molar-refractivity contribution in [2.45, 2.75) is 53.2 Å². The van der Waals surface area contributed by atoms with Crippen molar-refractivity contribution >= 4 is 17.7 Å². The highest BCUT2D eigenvalue weighted by Crippen LogP contribution is 2.73. The summed E-state index contributed by atoms with van der Waals surface area (Å²) in [7, 11) is 0. The van der Waals surface area contributed by atoms with Crippen molar-refractivity contribution in [2.24, 2.45) is 10.8 Å². The molecule has 0 aromatic heterocycles. The maximum Gasteiger partial charge on any atom is 0.331 e. The zero-order valence-electron chi connectivity index (χ0n) is 12.0. The molecule has 17 heavy (non-hydrogen) atoms. The number of esters is 1. The first-order valence-electron chi connectivity index (χ1n) is 6.14. The number of carbonyl (C=O) groups excluding carboxylic acids is 1. The molecule has 2 nitrogen and oxygen atoms in total. The molecular weight excluding hydrogens is 232 g/mol. The summed E-state index contributed by atoms with van der Waals surface area (Å²) >= 11 is 1.81. The van der Waals surface area contributed by atoms with Gasteiger partial charge in [-0.1, -0.05) is 41.5 Å². The Morgan fingerprint density at radius 2 is 1.71 bits per heavy atom. The zero-order valence-corrected chi connectivity index (χ0v) is 12.8. The van der Waals surface area contributed by atoms with E-state index in [1.165, 1.54) is 0 Å². The molecule has 0 atom stereocenters. The predicted octanol–water partition coefficient (Wildman–Crippen LogP) is 4.01. The Balaban J connectivity index is 3.00. The number of hydrogen-bond acceptors (Lipinski definition) is 3. The van der Waals surface area contributed by atoms with E-state index in [1.54, 1.807) is 6.08 Å². The maximum absolute atomic E-state index is 11.5. The van der Waals surface area contributed by atoms with Crippen LogP contribution in [0.5, 0.6) is 0 Å². The average Bonchev–Trinajstić information content (AvgIpc) is 2.77. The van der Waals surface area contributed by atoms with Gasteiger partial charge in [-0.05, 0) is 17.8 Å². The fraction of sp³-hybridized carbons (Fsp3) is 0.786. The van der Waals surface area contributed by atoms with Gasteiger partial charge in [0.1, 0.15) is 0 Å². The summed E-state index contributed by atoms with van der Waals surface area (Å²) in [6.07, 6.45) is 1.67. The molecule has 1 aliphatic rings. The van der Waals surface area contributed by atoms with Gasteiger partial charge in [0.25, 0.3) is 0 Å². The minimum absolute atomic E-state index is 0.0484. The summed E-state index contributed by atoms with van der Waals surface area (Å²) in [6, 6.07) is 0. The molecular formula is C14H24O2S. The summed E-state index contributed by atoms with van der Waals surface area (Å²) in [5.74, 6) is -0.217. The van der Waals surface area contributed by atoms with Gasteiger partial charge < -0.3 is 4.74 Å². The molecule has 1 fully saturated rings. The molecule has 1 aliphatic heterocycles. The molecule has 0 aliphatic carbocycles. The van der Waals surface area contributed by atoms with E-state index < -0.39 is 0 Å². The van der Waals surface area contributed by atoms with Crippen molar-refractivity contribution in [1.29, 1.82) is 0 Å². The normalized spacial score (nSPS) is 21.5. The van der Waals surface area contributed by atoms with Crippen LogP contribution in [0.25, 0.3) is 0 Å². The molecule has 0 aromatic carbocycles. The number of rotatable bonds is 2. The van der Waals surface area contributed by atoms with Gasteiger partial charge in [-0.2, -0.15) is 0 Å². The Hall–Kier alpha value is -0.440. The number of hydrogen-bond donors (Lipinski definition) is 0. The summed E-state index contributed by atoms with van der Waals surface area (Å²) in [5.41, 5.74) is 0.266. The first-order chi connectivity index (χ1) is 7.56. The molecule has 1 saturated heterocycles. The molecule has 0 unspecified atom stereocenters. The molecule has 98 valence electrons. The average molecular weight is 256 g/mol. The fourth-order valence-electron chi connectivity index (χ4n) is 2.73. The van der Waals surface area contributed by atoms with E-state index in [2.05, 4.69) is 41.5 Å². The quantitative estimate of drug-likeness (QED) is 0.424. The first-order valence-corrected chi connectivity index (χ1v) is 6.96. The Kier molecular flexibility index (Phi) is 3.73. The van der Waals surface area contributed by atoms with Crippen molar-refractivity contribution in [3.63, 3.8) is 0 Å². The van der Waals surface area contributed by atoms with Crippen LogP contribution < -0.4 is 0 Å². The second kappa shape index (κ2) is 4.34. The third kappa shape index (κ3) is 2.54. The van der Waals surface area contributed by atoms with Gasteiger partial charge in [-0.3, -0.25) is 0 Å². The minimum atomic E-state index is -0.217. The van der Waals surface area contributed by atoms with Crippen LogP contribution in [-0.2, 0) is 9.53 Å². The lowest BCUT2D eigenvalue weighted by molar-refractivity contribution is -0.137. The van der Waals surface area contributed by atoms with Gasteiger partial charge in [0, 0.05) is 11.0 Å². The summed E-state index contributed by atoms with van der Waals surface area (Å²) in [6.45, 7) is 15.7. The van der Waals surface area contributed by atoms with E-state index >= 15 is 0 Å². The van der Waals surface area contributed by atoms with Crippen LogP contribution in [0, 0.1) is 10.8 Å². The molecule has 0 bridgehead atoms. The second-order valence-corrected chi connectivity index (χ2v) is 7.80. The van der Waals surface area contributed by atoms with Gasteiger partial charge in [-0.25, -0.2) is 4.79 Å². The van der Waals surface area contributed by atoms with Crippen LogP contribution in [0.4, 0.5) is 0 Å². The van der Waals surface area contributed by atoms with E-state index in [0.717, 1.165) is 4.91 Å². The van der Waals surface area contributed by atoms with Crippen LogP contribution in [0.3, 0.4) is 0 Å². The molecule has 0 N–H and O–H groups in total. The lowest BCUT2D eigenvalue weighted by Gasteiger charge is -2.39. The lowest BCUT2D eigenvalue weighted by atomic mass is 9.66. The van der Waals surface area contributed by atoms with Crippen molar-refractivity contribution < 1.29 is 9.53 Å². The van der Waals surface area contributed by atoms with Gasteiger partial charge in [0.05, 0.1) is 11.4 Å². The topological polar surface area (TPSA) is 26.3 Å². The van der Waals surface area contributed by atoms with Gasteiger partial charge in [0.2, 0.25) is 0 Å². The summed E-state index contributed by atoms with van der Waals surface area (Å²) < 4.78 is 5.03. The van der Waals surface area contributed by atoms with Crippen LogP contribution in [0.1, 0.15) is 48.5 Å². The van der Waals surface area contributed by atoms with E-state index in [1.807, 2.05) is 18.7 Å². The fourth-order valence-corrected chi connectivity index (χ4v) is 4.45. The lowest BCUT2D eigenvalue weighted by Crippen LogP contribution is -2.40. The number of ether oxygens (including phenoxy) is 1. The van der Waals surface area contributed by atoms with Gasteiger partial charge in [-0.15, -0.1) is 11.8 Å². The van der Waals surface area contributed by atoms with E-state index in [9.17, 15) is 4.79 Å². The largest absolute Gasteiger partial charge is 0.463 e. The van der Waals surface area contributed by atoms with Crippen LogP contribution in [0.2, 0.25) is 0 Å². The third-order valence-electron chi connectivity index (χ3n) is 3.22. The van der Waals surface area contributed by atoms with Gasteiger partial charge >= 0.3 is 5.97 Å². The van der Waals surface area contributed by atoms with Crippen molar-refractivity contribution in [1.82, 2.24) is 0 Å². The smallest absolute Gasteiger partial charge is 0.331 e. The molecule has 0 spiro atoms. The van der Waals surface area contributed by atoms with E-state index in [-0.39, 0.29) is 21.5 Å². The highest BCUT2D eigenvalue weighted by molar-refractivity contribution is 8.13. The van der Waals surface area contributed by atoms with E-state index in [4.69, 9.17) is 4.74 Å². The maximum atomic E-state index is 11.5. The molecule has 0 aromatic rings. The highest BCUT2D eigenvalue weighted by Gasteiger charge is 2.65. The summed E-state index contributed by atoms with van der Waals surface area (Å²) in [4.78, 5) is 12.7. The molecule has 3 heteroatoms. The first kappa shape index (κ1) is 14.6. The van der Waals surface area contributed by atoms with Gasteiger partial charge in [0.15, 0.2) is 0 Å². The van der Waals surface area contributed by atoms with Crippen molar-refractivity contribution in [3.05, 3.63) is 11.0 Å². The Labute approximate surface area is 109 Å². The molecule has 1 rings (SSSR count). The highest BCUT2D eigenvalue weighted by atomic mass is 32.2. The predicted molar refractivity (Wildman–Crippen MR) is 73.9 cm³/mol. The number of thioether (sulfide) groups is 1. The minimum Gasteiger partial charge on any atom is -0.463 e. The third-order valence-corrected chi connectivity index (χ3v) is 5.41. The van der Waals surface area contributed by atoms with Crippen LogP contribution in [0.15, 0.2) is 11.0 Å². The Morgan fingerprint density at radius 1 is 1.24 bits per heavy atom. The molecule has 1 heterocycles. The van der Waals surface area contributed by atoms with E-state index in [0.29, 0.717) is 6.61 Å². The standard InChI is InChI=1S/C14H24O2S/c1-8-16-11(15)9-10-14(17-10,12(2,3)4)13(5,6)7/h9H,8H2,1-7H3/b10-9-. The zero-order chi connectivity index (χ0) is 13.5. The Morgan fingerprint density at radius 3 is 2.00 bits per heavy atom. The summed E-state index contributed by atoms with van der Waals surface area (Å²) in [5, 5.41) is 0. The van der Waals surface area contributed by atoms with Crippen molar-refractivity contribution in [3.8, 4) is 0 Å². The van der Waals surface area contributed by atoms with Crippen LogP contribution in [-0.4, -0.2) is 17.3 Å². The number of carbonyl (C=O) groups is 1. The van der Waals surface area contributed by atoms with Crippen LogP contribution >= 0.6 is 11.8 Å². The molecule has 0 amide bonds. The second-order valence-electron chi connectivity index (χ2n) is 6.54. The van der Waals surface area contributed by atoms with Crippen molar-refractivity contribution in [2.75, 3.05) is 6.61 Å². The molecule has 0 radical (unpaired) electrons. The molecule has 0 saturated carbocycles.